The third-order valence-corrected chi connectivity index (χ3v) is 3.36. The molecule has 0 saturated heterocycles. The van der Waals surface area contributed by atoms with Crippen molar-refractivity contribution in [2.24, 2.45) is 0 Å². The van der Waals surface area contributed by atoms with E-state index >= 15 is 0 Å². The van der Waals surface area contributed by atoms with E-state index in [0.717, 1.165) is 6.07 Å². The number of hydrogen-bond acceptors (Lipinski definition) is 5. The van der Waals surface area contributed by atoms with Crippen molar-refractivity contribution in [2.75, 3.05) is 11.9 Å². The number of ether oxygens (including phenoxy) is 1. The molecule has 0 bridgehead atoms. The van der Waals surface area contributed by atoms with Gasteiger partial charge in [-0.1, -0.05) is 18.2 Å². The Hall–Kier alpha value is -3.57. The number of esters is 1. The predicted molar refractivity (Wildman–Crippen MR) is 82.6 cm³/mol. The third kappa shape index (κ3) is 4.39. The van der Waals surface area contributed by atoms with Crippen molar-refractivity contribution < 1.29 is 41.2 Å². The van der Waals surface area contributed by atoms with Gasteiger partial charge in [-0.05, 0) is 0 Å². The molecule has 2 aromatic rings. The zero-order valence-electron chi connectivity index (χ0n) is 13.6. The number of carbonyl (C=O) groups is 2. The SMILES string of the molecule is O=C(COC(=O)Cc1ccccc1[N+](=O)[O-])Nc1c(F)c(F)c(F)c(F)c1F. The van der Waals surface area contributed by atoms with Gasteiger partial charge in [-0.3, -0.25) is 19.7 Å². The Morgan fingerprint density at radius 3 is 2.07 bits per heavy atom. The smallest absolute Gasteiger partial charge is 0.311 e. The number of para-hydroxylation sites is 1. The Morgan fingerprint density at radius 2 is 1.50 bits per heavy atom. The predicted octanol–water partition coefficient (Wildman–Crippen LogP) is 3.01. The van der Waals surface area contributed by atoms with Gasteiger partial charge in [0.2, 0.25) is 5.82 Å². The zero-order chi connectivity index (χ0) is 21.0. The summed E-state index contributed by atoms with van der Waals surface area (Å²) in [5, 5.41) is 12.3. The number of hydrogen-bond donors (Lipinski definition) is 1. The van der Waals surface area contributed by atoms with Crippen molar-refractivity contribution in [3.05, 3.63) is 69.0 Å². The van der Waals surface area contributed by atoms with Crippen molar-refractivity contribution in [2.45, 2.75) is 6.42 Å². The highest BCUT2D eigenvalue weighted by Gasteiger charge is 2.27. The van der Waals surface area contributed by atoms with Crippen LogP contribution in [0, 0.1) is 39.2 Å². The van der Waals surface area contributed by atoms with Gasteiger partial charge < -0.3 is 10.1 Å². The number of carbonyl (C=O) groups excluding carboxylic acids is 2. The highest BCUT2D eigenvalue weighted by Crippen LogP contribution is 2.27. The van der Waals surface area contributed by atoms with Gasteiger partial charge in [0, 0.05) is 11.6 Å². The molecule has 1 amide bonds. The Bertz CT molecular complexity index is 938. The number of nitro benzene ring substituents is 1. The normalized spacial score (nSPS) is 10.5. The number of anilines is 1. The molecule has 0 radical (unpaired) electrons. The molecule has 0 spiro atoms. The number of rotatable bonds is 6. The van der Waals surface area contributed by atoms with Gasteiger partial charge in [-0.15, -0.1) is 0 Å². The van der Waals surface area contributed by atoms with Gasteiger partial charge in [0.05, 0.1) is 11.3 Å². The van der Waals surface area contributed by atoms with E-state index in [-0.39, 0.29) is 11.3 Å². The molecule has 1 N–H and O–H groups in total. The molecule has 148 valence electrons. The molecular formula is C16H9F5N2O5. The lowest BCUT2D eigenvalue weighted by molar-refractivity contribution is -0.385. The first kappa shape index (κ1) is 20.7. The Morgan fingerprint density at radius 1 is 0.964 bits per heavy atom. The van der Waals surface area contributed by atoms with Crippen LogP contribution in [0.1, 0.15) is 5.56 Å². The molecule has 0 atom stereocenters. The third-order valence-electron chi connectivity index (χ3n) is 3.36. The molecule has 0 saturated carbocycles. The number of nitrogens with zero attached hydrogens (tertiary/aromatic N) is 1. The number of benzene rings is 2. The van der Waals surface area contributed by atoms with E-state index in [1.54, 1.807) is 0 Å². The van der Waals surface area contributed by atoms with Crippen LogP contribution in [0.25, 0.3) is 0 Å². The van der Waals surface area contributed by atoms with Gasteiger partial charge in [-0.2, -0.15) is 0 Å². The molecule has 2 aromatic carbocycles. The van der Waals surface area contributed by atoms with Crippen LogP contribution in [0.5, 0.6) is 0 Å². The Kier molecular flexibility index (Phi) is 6.23. The Labute approximate surface area is 152 Å². The minimum absolute atomic E-state index is 0.0160. The van der Waals surface area contributed by atoms with Crippen LogP contribution in [0.2, 0.25) is 0 Å². The van der Waals surface area contributed by atoms with Crippen LogP contribution in [0.3, 0.4) is 0 Å². The van der Waals surface area contributed by atoms with E-state index in [9.17, 15) is 41.7 Å². The van der Waals surface area contributed by atoms with Crippen molar-refractivity contribution in [1.82, 2.24) is 0 Å². The maximum Gasteiger partial charge on any atom is 0.311 e. The number of amides is 1. The second kappa shape index (κ2) is 8.41. The summed E-state index contributed by atoms with van der Waals surface area (Å²) in [6, 6.07) is 5.20. The highest BCUT2D eigenvalue weighted by molar-refractivity contribution is 5.93. The minimum atomic E-state index is -2.40. The molecule has 0 aliphatic rings. The monoisotopic (exact) mass is 404 g/mol. The molecule has 12 heteroatoms. The van der Waals surface area contributed by atoms with Crippen molar-refractivity contribution in [3.63, 3.8) is 0 Å². The lowest BCUT2D eigenvalue weighted by Gasteiger charge is -2.10. The van der Waals surface area contributed by atoms with Crippen LogP contribution in [-0.4, -0.2) is 23.4 Å². The highest BCUT2D eigenvalue weighted by atomic mass is 19.2. The van der Waals surface area contributed by atoms with Gasteiger partial charge in [0.25, 0.3) is 11.6 Å². The first-order valence-corrected chi connectivity index (χ1v) is 7.32. The average Bonchev–Trinajstić information content (AvgIpc) is 2.67. The fraction of sp³-hybridized carbons (Fsp3) is 0.125. The van der Waals surface area contributed by atoms with Crippen LogP contribution < -0.4 is 5.32 Å². The lowest BCUT2D eigenvalue weighted by Crippen LogP contribution is -2.23. The van der Waals surface area contributed by atoms with E-state index < -0.39 is 64.6 Å². The van der Waals surface area contributed by atoms with Crippen LogP contribution in [0.15, 0.2) is 24.3 Å². The standard InChI is InChI=1S/C16H9F5N2O5/c17-11-12(18)14(20)16(15(21)13(11)19)22-9(24)6-28-10(25)5-7-3-1-2-4-8(7)23(26)27/h1-4H,5-6H2,(H,22,24). The van der Waals surface area contributed by atoms with Crippen molar-refractivity contribution >= 4 is 23.3 Å². The zero-order valence-corrected chi connectivity index (χ0v) is 13.6. The molecule has 0 unspecified atom stereocenters. The summed E-state index contributed by atoms with van der Waals surface area (Å²) in [5.41, 5.74) is -1.99. The summed E-state index contributed by atoms with van der Waals surface area (Å²) in [6.07, 6.45) is -0.590. The summed E-state index contributed by atoms with van der Waals surface area (Å²) in [7, 11) is 0. The second-order valence-electron chi connectivity index (χ2n) is 5.22. The van der Waals surface area contributed by atoms with Crippen LogP contribution in [0.4, 0.5) is 33.3 Å². The first-order chi connectivity index (χ1) is 13.1. The number of nitrogens with one attached hydrogen (secondary N) is 1. The number of halogens is 5. The molecule has 2 rings (SSSR count). The first-order valence-electron chi connectivity index (χ1n) is 7.32. The maximum atomic E-state index is 13.5. The molecule has 0 aromatic heterocycles. The van der Waals surface area contributed by atoms with E-state index in [1.807, 2.05) is 0 Å². The molecule has 0 aliphatic carbocycles. The van der Waals surface area contributed by atoms with Gasteiger partial charge in [0.15, 0.2) is 29.9 Å². The van der Waals surface area contributed by atoms with Crippen molar-refractivity contribution in [1.29, 1.82) is 0 Å². The summed E-state index contributed by atoms with van der Waals surface area (Å²) in [5.74, 6) is -13.9. The summed E-state index contributed by atoms with van der Waals surface area (Å²) >= 11 is 0. The molecule has 7 nitrogen and oxygen atoms in total. The summed E-state index contributed by atoms with van der Waals surface area (Å²) in [6.45, 7) is -1.13. The fourth-order valence-electron chi connectivity index (χ4n) is 2.08. The van der Waals surface area contributed by atoms with E-state index in [1.165, 1.54) is 23.5 Å². The van der Waals surface area contributed by atoms with Crippen molar-refractivity contribution in [3.8, 4) is 0 Å². The Balaban J connectivity index is 2.02. The quantitative estimate of drug-likeness (QED) is 0.199. The average molecular weight is 404 g/mol. The topological polar surface area (TPSA) is 98.5 Å². The molecule has 0 fully saturated rings. The second-order valence-corrected chi connectivity index (χ2v) is 5.22. The molecule has 0 aliphatic heterocycles. The van der Waals surface area contributed by atoms with E-state index in [0.29, 0.717) is 0 Å². The number of nitro groups is 1. The van der Waals surface area contributed by atoms with E-state index in [4.69, 9.17) is 0 Å². The molecule has 0 heterocycles. The lowest BCUT2D eigenvalue weighted by atomic mass is 10.1. The summed E-state index contributed by atoms with van der Waals surface area (Å²) < 4.78 is 70.5. The minimum Gasteiger partial charge on any atom is -0.455 e. The molecule has 28 heavy (non-hydrogen) atoms. The van der Waals surface area contributed by atoms with Gasteiger partial charge in [0.1, 0.15) is 5.69 Å². The van der Waals surface area contributed by atoms with Gasteiger partial charge in [-0.25, -0.2) is 22.0 Å². The van der Waals surface area contributed by atoms with E-state index in [2.05, 4.69) is 4.74 Å². The van der Waals surface area contributed by atoms with Crippen LogP contribution >= 0.6 is 0 Å². The largest absolute Gasteiger partial charge is 0.455 e. The summed E-state index contributed by atoms with van der Waals surface area (Å²) in [4.78, 5) is 33.4. The molecular weight excluding hydrogens is 395 g/mol. The van der Waals surface area contributed by atoms with Crippen LogP contribution in [-0.2, 0) is 20.7 Å². The maximum absolute atomic E-state index is 13.5. The van der Waals surface area contributed by atoms with Gasteiger partial charge >= 0.3 is 5.97 Å². The fourth-order valence-corrected chi connectivity index (χ4v) is 2.08.